The largest absolute Gasteiger partial charge is 0.463 e. The standard InChI is InChI=1S/C10H19N5O/c1-4-5-16-10-14-8(11)13-9(15-10)12-6-7(2)3/h7H,4-6H2,1-3H3,(H3,11,12,13,14,15). The van der Waals surface area contributed by atoms with Gasteiger partial charge in [-0.2, -0.15) is 15.0 Å². The van der Waals surface area contributed by atoms with Gasteiger partial charge in [-0.15, -0.1) is 0 Å². The number of nitrogens with zero attached hydrogens (tertiary/aromatic N) is 3. The number of hydrogen-bond acceptors (Lipinski definition) is 6. The summed E-state index contributed by atoms with van der Waals surface area (Å²) >= 11 is 0. The van der Waals surface area contributed by atoms with Gasteiger partial charge in [-0.1, -0.05) is 20.8 Å². The Morgan fingerprint density at radius 2 is 2.06 bits per heavy atom. The fourth-order valence-electron chi connectivity index (χ4n) is 1.00. The molecule has 0 atom stereocenters. The maximum atomic E-state index is 5.56. The molecule has 0 saturated heterocycles. The van der Waals surface area contributed by atoms with Gasteiger partial charge in [0.05, 0.1) is 6.61 Å². The first-order valence-electron chi connectivity index (χ1n) is 5.50. The predicted octanol–water partition coefficient (Wildman–Crippen LogP) is 1.31. The monoisotopic (exact) mass is 225 g/mol. The van der Waals surface area contributed by atoms with Crippen LogP contribution in [0.5, 0.6) is 6.01 Å². The van der Waals surface area contributed by atoms with Crippen LogP contribution in [0.2, 0.25) is 0 Å². The molecule has 0 bridgehead atoms. The number of nitrogen functional groups attached to an aromatic ring is 1. The topological polar surface area (TPSA) is 86.0 Å². The highest BCUT2D eigenvalue weighted by molar-refractivity contribution is 5.32. The van der Waals surface area contributed by atoms with Gasteiger partial charge < -0.3 is 15.8 Å². The average molecular weight is 225 g/mol. The van der Waals surface area contributed by atoms with Crippen molar-refractivity contribution in [3.8, 4) is 6.01 Å². The molecule has 3 N–H and O–H groups in total. The molecule has 0 radical (unpaired) electrons. The smallest absolute Gasteiger partial charge is 0.323 e. The summed E-state index contributed by atoms with van der Waals surface area (Å²) in [5.74, 6) is 1.15. The van der Waals surface area contributed by atoms with Crippen LogP contribution in [0, 0.1) is 5.92 Å². The van der Waals surface area contributed by atoms with Gasteiger partial charge in [0.1, 0.15) is 0 Å². The Hall–Kier alpha value is -1.59. The molecule has 16 heavy (non-hydrogen) atoms. The number of nitrogens with two attached hydrogens (primary N) is 1. The van der Waals surface area contributed by atoms with Gasteiger partial charge in [-0.05, 0) is 12.3 Å². The molecular formula is C10H19N5O. The maximum Gasteiger partial charge on any atom is 0.323 e. The van der Waals surface area contributed by atoms with Crippen molar-refractivity contribution < 1.29 is 4.74 Å². The summed E-state index contributed by atoms with van der Waals surface area (Å²) in [4.78, 5) is 12.0. The van der Waals surface area contributed by atoms with Crippen molar-refractivity contribution >= 4 is 11.9 Å². The zero-order valence-corrected chi connectivity index (χ0v) is 10.0. The van der Waals surface area contributed by atoms with E-state index < -0.39 is 0 Å². The van der Waals surface area contributed by atoms with E-state index in [1.807, 2.05) is 6.92 Å². The summed E-state index contributed by atoms with van der Waals surface area (Å²) in [6.07, 6.45) is 0.903. The molecule has 1 aromatic rings. The Balaban J connectivity index is 2.65. The second-order valence-electron chi connectivity index (χ2n) is 3.92. The lowest BCUT2D eigenvalue weighted by Gasteiger charge is -2.09. The Bertz CT molecular complexity index is 329. The van der Waals surface area contributed by atoms with Crippen molar-refractivity contribution in [1.82, 2.24) is 15.0 Å². The van der Waals surface area contributed by atoms with E-state index in [0.29, 0.717) is 18.5 Å². The highest BCUT2D eigenvalue weighted by Gasteiger charge is 2.05. The van der Waals surface area contributed by atoms with E-state index in [1.165, 1.54) is 0 Å². The van der Waals surface area contributed by atoms with E-state index in [-0.39, 0.29) is 12.0 Å². The molecule has 0 amide bonds. The van der Waals surface area contributed by atoms with Crippen LogP contribution in [-0.4, -0.2) is 28.1 Å². The SMILES string of the molecule is CCCOc1nc(N)nc(NCC(C)C)n1. The molecule has 90 valence electrons. The lowest BCUT2D eigenvalue weighted by atomic mass is 10.2. The fraction of sp³-hybridized carbons (Fsp3) is 0.700. The minimum Gasteiger partial charge on any atom is -0.463 e. The van der Waals surface area contributed by atoms with Crippen LogP contribution in [0.25, 0.3) is 0 Å². The molecule has 0 unspecified atom stereocenters. The first-order valence-corrected chi connectivity index (χ1v) is 5.50. The predicted molar refractivity (Wildman–Crippen MR) is 63.4 cm³/mol. The minimum absolute atomic E-state index is 0.173. The zero-order chi connectivity index (χ0) is 12.0. The van der Waals surface area contributed by atoms with Crippen LogP contribution in [0.15, 0.2) is 0 Å². The van der Waals surface area contributed by atoms with Crippen molar-refractivity contribution in [2.24, 2.45) is 5.92 Å². The first-order chi connectivity index (χ1) is 7.61. The molecule has 0 aliphatic carbocycles. The van der Waals surface area contributed by atoms with E-state index in [1.54, 1.807) is 0 Å². The molecule has 1 heterocycles. The quantitative estimate of drug-likeness (QED) is 0.759. The van der Waals surface area contributed by atoms with Crippen LogP contribution in [0.4, 0.5) is 11.9 Å². The van der Waals surface area contributed by atoms with Crippen molar-refractivity contribution in [3.63, 3.8) is 0 Å². The molecule has 0 fully saturated rings. The van der Waals surface area contributed by atoms with Crippen LogP contribution in [0.1, 0.15) is 27.2 Å². The normalized spacial score (nSPS) is 10.5. The minimum atomic E-state index is 0.173. The fourth-order valence-corrected chi connectivity index (χ4v) is 1.00. The highest BCUT2D eigenvalue weighted by Crippen LogP contribution is 2.09. The maximum absolute atomic E-state index is 5.56. The summed E-state index contributed by atoms with van der Waals surface area (Å²) in [5.41, 5.74) is 5.56. The number of aromatic nitrogens is 3. The van der Waals surface area contributed by atoms with E-state index in [9.17, 15) is 0 Å². The number of rotatable bonds is 6. The molecule has 0 aliphatic rings. The first kappa shape index (κ1) is 12.5. The lowest BCUT2D eigenvalue weighted by molar-refractivity contribution is 0.292. The number of nitrogens with one attached hydrogen (secondary N) is 1. The molecule has 1 rings (SSSR count). The van der Waals surface area contributed by atoms with Crippen molar-refractivity contribution in [2.75, 3.05) is 24.2 Å². The van der Waals surface area contributed by atoms with Gasteiger partial charge in [0.15, 0.2) is 0 Å². The molecule has 0 aliphatic heterocycles. The average Bonchev–Trinajstić information content (AvgIpc) is 2.23. The van der Waals surface area contributed by atoms with E-state index in [4.69, 9.17) is 10.5 Å². The molecule has 1 aromatic heterocycles. The second-order valence-corrected chi connectivity index (χ2v) is 3.92. The Morgan fingerprint density at radius 1 is 1.31 bits per heavy atom. The summed E-state index contributed by atoms with van der Waals surface area (Å²) in [6, 6.07) is 0.278. The molecule has 6 nitrogen and oxygen atoms in total. The zero-order valence-electron chi connectivity index (χ0n) is 10.0. The van der Waals surface area contributed by atoms with Crippen molar-refractivity contribution in [1.29, 1.82) is 0 Å². The van der Waals surface area contributed by atoms with Crippen LogP contribution >= 0.6 is 0 Å². The third-order valence-corrected chi connectivity index (χ3v) is 1.74. The molecule has 6 heteroatoms. The van der Waals surface area contributed by atoms with Crippen molar-refractivity contribution in [2.45, 2.75) is 27.2 Å². The molecular weight excluding hydrogens is 206 g/mol. The Labute approximate surface area is 95.6 Å². The third kappa shape index (κ3) is 4.29. The second kappa shape index (κ2) is 6.09. The van der Waals surface area contributed by atoms with Gasteiger partial charge in [0.25, 0.3) is 0 Å². The Morgan fingerprint density at radius 3 is 2.69 bits per heavy atom. The van der Waals surface area contributed by atoms with Crippen LogP contribution < -0.4 is 15.8 Å². The molecule has 0 aromatic carbocycles. The number of ether oxygens (including phenoxy) is 1. The lowest BCUT2D eigenvalue weighted by Crippen LogP contribution is -2.13. The van der Waals surface area contributed by atoms with Gasteiger partial charge in [-0.3, -0.25) is 0 Å². The van der Waals surface area contributed by atoms with Crippen molar-refractivity contribution in [3.05, 3.63) is 0 Å². The number of anilines is 2. The van der Waals surface area contributed by atoms with E-state index in [0.717, 1.165) is 13.0 Å². The van der Waals surface area contributed by atoms with Gasteiger partial charge in [0.2, 0.25) is 11.9 Å². The highest BCUT2D eigenvalue weighted by atomic mass is 16.5. The molecule has 0 spiro atoms. The summed E-state index contributed by atoms with van der Waals surface area (Å²) in [7, 11) is 0. The van der Waals surface area contributed by atoms with Gasteiger partial charge in [0, 0.05) is 6.54 Å². The Kier molecular flexibility index (Phi) is 4.75. The third-order valence-electron chi connectivity index (χ3n) is 1.74. The van der Waals surface area contributed by atoms with E-state index >= 15 is 0 Å². The molecule has 0 saturated carbocycles. The van der Waals surface area contributed by atoms with Crippen LogP contribution in [0.3, 0.4) is 0 Å². The number of hydrogen-bond donors (Lipinski definition) is 2. The summed E-state index contributed by atoms with van der Waals surface area (Å²) in [6.45, 7) is 7.59. The van der Waals surface area contributed by atoms with Gasteiger partial charge >= 0.3 is 6.01 Å². The van der Waals surface area contributed by atoms with Crippen LogP contribution in [-0.2, 0) is 0 Å². The summed E-state index contributed by atoms with van der Waals surface area (Å²) < 4.78 is 5.30. The summed E-state index contributed by atoms with van der Waals surface area (Å²) in [5, 5.41) is 3.08. The van der Waals surface area contributed by atoms with Gasteiger partial charge in [-0.25, -0.2) is 0 Å². The van der Waals surface area contributed by atoms with E-state index in [2.05, 4.69) is 34.1 Å².